The zero-order valence-electron chi connectivity index (χ0n) is 7.60. The van der Waals surface area contributed by atoms with Crippen LogP contribution in [0.3, 0.4) is 0 Å². The van der Waals surface area contributed by atoms with Gasteiger partial charge in [0.25, 0.3) is 0 Å². The van der Waals surface area contributed by atoms with Crippen LogP contribution < -0.4 is 5.90 Å². The van der Waals surface area contributed by atoms with Crippen LogP contribution in [0.4, 0.5) is 4.39 Å². The lowest BCUT2D eigenvalue weighted by Gasteiger charge is -2.02. The molecule has 0 saturated carbocycles. The van der Waals surface area contributed by atoms with E-state index in [9.17, 15) is 12.8 Å². The number of sulfone groups is 1. The van der Waals surface area contributed by atoms with E-state index in [2.05, 4.69) is 4.84 Å². The average molecular weight is 229 g/mol. The number of hydrogen-bond donors (Lipinski definition) is 1. The zero-order chi connectivity index (χ0) is 11.1. The number of halogens is 1. The summed E-state index contributed by atoms with van der Waals surface area (Å²) in [6.07, 6.45) is 1.36. The van der Waals surface area contributed by atoms with Crippen LogP contribution in [0.1, 0.15) is 5.56 Å². The Bertz CT molecular complexity index is 536. The highest BCUT2D eigenvalue weighted by Crippen LogP contribution is 2.34. The lowest BCUT2D eigenvalue weighted by Crippen LogP contribution is -2.10. The summed E-state index contributed by atoms with van der Waals surface area (Å²) in [5, 5.41) is 0. The molecule has 4 nitrogen and oxygen atoms in total. The molecule has 0 saturated heterocycles. The van der Waals surface area contributed by atoms with Gasteiger partial charge in [-0.05, 0) is 17.7 Å². The van der Waals surface area contributed by atoms with Gasteiger partial charge in [-0.3, -0.25) is 4.84 Å². The Balaban J connectivity index is 2.64. The highest BCUT2D eigenvalue weighted by atomic mass is 32.2. The minimum atomic E-state index is -3.76. The summed E-state index contributed by atoms with van der Waals surface area (Å²) in [7, 11) is -3.76. The van der Waals surface area contributed by atoms with Crippen molar-refractivity contribution < 1.29 is 17.6 Å². The third kappa shape index (κ3) is 1.46. The molecule has 0 aliphatic carbocycles. The van der Waals surface area contributed by atoms with E-state index in [0.717, 1.165) is 6.07 Å². The van der Waals surface area contributed by atoms with Crippen molar-refractivity contribution in [2.75, 3.05) is 6.61 Å². The molecule has 0 fully saturated rings. The number of benzene rings is 1. The van der Waals surface area contributed by atoms with Gasteiger partial charge in [-0.25, -0.2) is 18.7 Å². The molecule has 0 aromatic heterocycles. The lowest BCUT2D eigenvalue weighted by molar-refractivity contribution is 0.166. The molecule has 0 spiro atoms. The van der Waals surface area contributed by atoms with E-state index in [0.29, 0.717) is 5.56 Å². The fourth-order valence-corrected chi connectivity index (χ4v) is 3.04. The van der Waals surface area contributed by atoms with Gasteiger partial charge >= 0.3 is 0 Å². The average Bonchev–Trinajstić information content (AvgIpc) is 2.40. The van der Waals surface area contributed by atoms with E-state index in [4.69, 9.17) is 5.90 Å². The topological polar surface area (TPSA) is 69.4 Å². The van der Waals surface area contributed by atoms with Gasteiger partial charge in [0, 0.05) is 0 Å². The van der Waals surface area contributed by atoms with E-state index in [-0.39, 0.29) is 16.4 Å². The monoisotopic (exact) mass is 229 g/mol. The summed E-state index contributed by atoms with van der Waals surface area (Å²) in [4.78, 5) is 3.95. The predicted octanol–water partition coefficient (Wildman–Crippen LogP) is 0.844. The molecule has 0 unspecified atom stereocenters. The lowest BCUT2D eigenvalue weighted by atomic mass is 10.2. The molecule has 1 heterocycles. The Kier molecular flexibility index (Phi) is 2.34. The van der Waals surface area contributed by atoms with Crippen molar-refractivity contribution in [2.45, 2.75) is 4.90 Å². The molecule has 1 aliphatic rings. The number of fused-ring (bicyclic) bond motifs is 1. The normalized spacial score (nSPS) is 17.3. The molecular weight excluding hydrogens is 221 g/mol. The molecule has 2 N–H and O–H groups in total. The summed E-state index contributed by atoms with van der Waals surface area (Å²) < 4.78 is 36.8. The molecule has 0 radical (unpaired) electrons. The van der Waals surface area contributed by atoms with Crippen LogP contribution >= 0.6 is 0 Å². The highest BCUT2D eigenvalue weighted by molar-refractivity contribution is 7.95. The fraction of sp³-hybridized carbons (Fsp3) is 0.111. The first kappa shape index (κ1) is 10.3. The first-order chi connectivity index (χ1) is 7.07. The van der Waals surface area contributed by atoms with Crippen LogP contribution in [-0.4, -0.2) is 15.0 Å². The minimum Gasteiger partial charge on any atom is -0.299 e. The Labute approximate surface area is 86.0 Å². The van der Waals surface area contributed by atoms with Crippen LogP contribution in [0.5, 0.6) is 0 Å². The van der Waals surface area contributed by atoms with Crippen LogP contribution in [0.15, 0.2) is 28.0 Å². The Morgan fingerprint density at radius 3 is 2.73 bits per heavy atom. The van der Waals surface area contributed by atoms with Crippen molar-refractivity contribution in [3.8, 4) is 0 Å². The molecule has 1 aromatic carbocycles. The smallest absolute Gasteiger partial charge is 0.208 e. The molecule has 2 rings (SSSR count). The van der Waals surface area contributed by atoms with E-state index < -0.39 is 15.7 Å². The third-order valence-corrected chi connectivity index (χ3v) is 4.05. The second-order valence-corrected chi connectivity index (χ2v) is 5.02. The molecule has 80 valence electrons. The van der Waals surface area contributed by atoms with Crippen LogP contribution in [0.2, 0.25) is 0 Å². The molecule has 6 heteroatoms. The van der Waals surface area contributed by atoms with Gasteiger partial charge in [-0.1, -0.05) is 12.1 Å². The third-order valence-electron chi connectivity index (χ3n) is 2.15. The standard InChI is InChI=1S/C9H8FNO3S/c10-8-3-1-2-6-4-7(5-14-11)15(12,13)9(6)8/h1-4H,5,11H2. The maximum atomic E-state index is 13.3. The van der Waals surface area contributed by atoms with Crippen LogP contribution in [-0.2, 0) is 14.7 Å². The zero-order valence-corrected chi connectivity index (χ0v) is 8.42. The first-order valence-corrected chi connectivity index (χ1v) is 5.61. The summed E-state index contributed by atoms with van der Waals surface area (Å²) in [5.74, 6) is 4.05. The largest absolute Gasteiger partial charge is 0.299 e. The molecule has 0 atom stereocenters. The first-order valence-electron chi connectivity index (χ1n) is 4.13. The Morgan fingerprint density at radius 1 is 1.40 bits per heavy atom. The number of nitrogens with two attached hydrogens (primary N) is 1. The predicted molar refractivity (Wildman–Crippen MR) is 51.7 cm³/mol. The van der Waals surface area contributed by atoms with Gasteiger partial charge in [-0.15, -0.1) is 0 Å². The molecule has 1 aromatic rings. The van der Waals surface area contributed by atoms with Gasteiger partial charge < -0.3 is 0 Å². The molecule has 0 amide bonds. The molecule has 15 heavy (non-hydrogen) atoms. The quantitative estimate of drug-likeness (QED) is 0.763. The van der Waals surface area contributed by atoms with Crippen molar-refractivity contribution in [1.29, 1.82) is 0 Å². The minimum absolute atomic E-state index is 0.0231. The maximum absolute atomic E-state index is 13.3. The number of hydrogen-bond acceptors (Lipinski definition) is 4. The van der Waals surface area contributed by atoms with Gasteiger partial charge in [0.05, 0.1) is 4.91 Å². The van der Waals surface area contributed by atoms with Crippen molar-refractivity contribution in [3.63, 3.8) is 0 Å². The van der Waals surface area contributed by atoms with Crippen molar-refractivity contribution >= 4 is 15.9 Å². The summed E-state index contributed by atoms with van der Waals surface area (Å²) >= 11 is 0. The summed E-state index contributed by atoms with van der Waals surface area (Å²) in [5.41, 5.74) is 0.335. The van der Waals surface area contributed by atoms with Crippen LogP contribution in [0, 0.1) is 5.82 Å². The van der Waals surface area contributed by atoms with Gasteiger partial charge in [0.1, 0.15) is 17.3 Å². The second kappa shape index (κ2) is 3.41. The van der Waals surface area contributed by atoms with E-state index in [1.807, 2.05) is 0 Å². The molecule has 0 bridgehead atoms. The highest BCUT2D eigenvalue weighted by Gasteiger charge is 2.32. The summed E-state index contributed by atoms with van der Waals surface area (Å²) in [6, 6.07) is 4.09. The Hall–Kier alpha value is -1.24. The Morgan fingerprint density at radius 2 is 2.13 bits per heavy atom. The fourth-order valence-electron chi connectivity index (χ4n) is 1.51. The van der Waals surface area contributed by atoms with Gasteiger partial charge in [0.15, 0.2) is 0 Å². The SMILES string of the molecule is NOCC1=Cc2cccc(F)c2S1(=O)=O. The van der Waals surface area contributed by atoms with Gasteiger partial charge in [-0.2, -0.15) is 0 Å². The van der Waals surface area contributed by atoms with Gasteiger partial charge in [0.2, 0.25) is 9.84 Å². The van der Waals surface area contributed by atoms with Crippen molar-refractivity contribution in [2.24, 2.45) is 5.90 Å². The van der Waals surface area contributed by atoms with E-state index in [1.54, 1.807) is 0 Å². The molecule has 1 aliphatic heterocycles. The molecular formula is C9H8FNO3S. The second-order valence-electron chi connectivity index (χ2n) is 3.08. The van der Waals surface area contributed by atoms with E-state index in [1.165, 1.54) is 18.2 Å². The number of rotatable bonds is 2. The van der Waals surface area contributed by atoms with Crippen LogP contribution in [0.25, 0.3) is 6.08 Å². The maximum Gasteiger partial charge on any atom is 0.208 e. The van der Waals surface area contributed by atoms with Crippen molar-refractivity contribution in [3.05, 3.63) is 34.5 Å². The summed E-state index contributed by atoms with van der Waals surface area (Å²) in [6.45, 7) is -0.254. The van der Waals surface area contributed by atoms with E-state index >= 15 is 0 Å². The van der Waals surface area contributed by atoms with Crippen molar-refractivity contribution in [1.82, 2.24) is 0 Å².